The average molecular weight is 489 g/mol. The van der Waals surface area contributed by atoms with E-state index in [0.717, 1.165) is 11.6 Å². The van der Waals surface area contributed by atoms with E-state index in [1.165, 1.54) is 28.6 Å². The predicted molar refractivity (Wildman–Crippen MR) is 113 cm³/mol. The average Bonchev–Trinajstić information content (AvgIpc) is 3.16. The van der Waals surface area contributed by atoms with E-state index < -0.39 is 38.7 Å². The van der Waals surface area contributed by atoms with E-state index >= 15 is 0 Å². The summed E-state index contributed by atoms with van der Waals surface area (Å²) in [5.41, 5.74) is 0.958. The molecule has 1 atom stereocenters. The van der Waals surface area contributed by atoms with Crippen LogP contribution in [0.2, 0.25) is 5.02 Å². The van der Waals surface area contributed by atoms with Gasteiger partial charge in [-0.25, -0.2) is 8.42 Å². The summed E-state index contributed by atoms with van der Waals surface area (Å²) >= 11 is 5.80. The lowest BCUT2D eigenvalue weighted by Gasteiger charge is -2.35. The number of carbonyl (C=O) groups is 1. The molecule has 172 valence electrons. The maximum atomic E-state index is 13.1. The van der Waals surface area contributed by atoms with Crippen molar-refractivity contribution in [1.82, 2.24) is 4.31 Å². The number of halogens is 4. The molecule has 4 rings (SSSR count). The van der Waals surface area contributed by atoms with Crippen molar-refractivity contribution in [3.05, 3.63) is 58.1 Å². The Kier molecular flexibility index (Phi) is 5.89. The quantitative estimate of drug-likeness (QED) is 0.704. The maximum absolute atomic E-state index is 13.1. The molecule has 1 aliphatic heterocycles. The third-order valence-corrected chi connectivity index (χ3v) is 8.20. The third-order valence-electron chi connectivity index (χ3n) is 5.99. The normalized spacial score (nSPS) is 19.8. The molecule has 1 aliphatic carbocycles. The van der Waals surface area contributed by atoms with Crippen molar-refractivity contribution in [1.29, 1.82) is 0 Å². The fourth-order valence-corrected chi connectivity index (χ4v) is 6.00. The number of alkyl halides is 3. The van der Waals surface area contributed by atoms with Crippen LogP contribution in [0.3, 0.4) is 0 Å². The number of fused-ring (bicyclic) bond motifs is 1. The van der Waals surface area contributed by atoms with Crippen molar-refractivity contribution in [3.8, 4) is 0 Å². The SMILES string of the molecule is O=C(O)C1CCc2ccc(S(=O)(=O)N3CCN(c4ccc(C(F)(F)F)c(Cl)c4)CC3)cc21. The van der Waals surface area contributed by atoms with Crippen LogP contribution in [0.4, 0.5) is 18.9 Å². The van der Waals surface area contributed by atoms with Gasteiger partial charge in [0.2, 0.25) is 10.0 Å². The minimum absolute atomic E-state index is 0.0513. The van der Waals surface area contributed by atoms with E-state index in [2.05, 4.69) is 0 Å². The maximum Gasteiger partial charge on any atom is 0.417 e. The van der Waals surface area contributed by atoms with Crippen molar-refractivity contribution in [2.45, 2.75) is 29.8 Å². The molecule has 0 saturated carbocycles. The van der Waals surface area contributed by atoms with Crippen LogP contribution >= 0.6 is 11.6 Å². The Hall–Kier alpha value is -2.30. The largest absolute Gasteiger partial charge is 0.481 e. The molecule has 0 aromatic heterocycles. The summed E-state index contributed by atoms with van der Waals surface area (Å²) in [5, 5.41) is 8.98. The van der Waals surface area contributed by atoms with Gasteiger partial charge >= 0.3 is 12.1 Å². The van der Waals surface area contributed by atoms with Crippen LogP contribution in [0.15, 0.2) is 41.3 Å². The second kappa shape index (κ2) is 8.24. The molecule has 6 nitrogen and oxygen atoms in total. The van der Waals surface area contributed by atoms with E-state index in [4.69, 9.17) is 11.6 Å². The molecule has 0 radical (unpaired) electrons. The molecule has 2 aliphatic rings. The van der Waals surface area contributed by atoms with Crippen LogP contribution < -0.4 is 4.90 Å². The summed E-state index contributed by atoms with van der Waals surface area (Å²) in [7, 11) is -3.83. The highest BCUT2D eigenvalue weighted by Crippen LogP contribution is 2.37. The number of anilines is 1. The zero-order chi connectivity index (χ0) is 23.3. The van der Waals surface area contributed by atoms with E-state index in [1.807, 2.05) is 0 Å². The topological polar surface area (TPSA) is 77.9 Å². The minimum atomic E-state index is -4.54. The number of aryl methyl sites for hydroxylation is 1. The Morgan fingerprint density at radius 1 is 1.06 bits per heavy atom. The number of benzene rings is 2. The third kappa shape index (κ3) is 4.18. The molecule has 0 spiro atoms. The smallest absolute Gasteiger partial charge is 0.417 e. The first-order valence-electron chi connectivity index (χ1n) is 9.96. The van der Waals surface area contributed by atoms with Crippen molar-refractivity contribution < 1.29 is 31.5 Å². The Labute approximate surface area is 188 Å². The van der Waals surface area contributed by atoms with Gasteiger partial charge in [0.25, 0.3) is 0 Å². The van der Waals surface area contributed by atoms with Crippen LogP contribution in [0.5, 0.6) is 0 Å². The zero-order valence-corrected chi connectivity index (χ0v) is 18.3. The molecule has 2 aromatic rings. The molecule has 1 saturated heterocycles. The van der Waals surface area contributed by atoms with Crippen LogP contribution in [0, 0.1) is 0 Å². The van der Waals surface area contributed by atoms with Crippen molar-refractivity contribution >= 4 is 33.3 Å². The monoisotopic (exact) mass is 488 g/mol. The molecular weight excluding hydrogens is 469 g/mol. The van der Waals surface area contributed by atoms with Crippen molar-refractivity contribution in [2.24, 2.45) is 0 Å². The number of aliphatic carboxylic acids is 1. The minimum Gasteiger partial charge on any atom is -0.481 e. The molecule has 0 amide bonds. The predicted octanol–water partition coefficient (Wildman–Crippen LogP) is 3.98. The number of hydrogen-bond acceptors (Lipinski definition) is 4. The number of nitrogens with zero attached hydrogens (tertiary/aromatic N) is 2. The summed E-state index contributed by atoms with van der Waals surface area (Å²) in [6.45, 7) is 0.841. The van der Waals surface area contributed by atoms with Gasteiger partial charge in [-0.1, -0.05) is 17.7 Å². The Morgan fingerprint density at radius 3 is 2.34 bits per heavy atom. The molecule has 0 bridgehead atoms. The lowest BCUT2D eigenvalue weighted by Crippen LogP contribution is -2.48. The van der Waals surface area contributed by atoms with Gasteiger partial charge in [0, 0.05) is 31.9 Å². The number of hydrogen-bond donors (Lipinski definition) is 1. The summed E-state index contributed by atoms with van der Waals surface area (Å²) in [6.07, 6.45) is -3.50. The standard InChI is InChI=1S/C21H20ClF3N2O4S/c22-19-11-14(3-6-18(19)21(23,24)25)26-7-9-27(10-8-26)32(30,31)15-4-1-13-2-5-16(20(28)29)17(13)12-15/h1,3-4,6,11-12,16H,2,5,7-10H2,(H,28,29). The van der Waals surface area contributed by atoms with Gasteiger partial charge in [-0.15, -0.1) is 0 Å². The van der Waals surface area contributed by atoms with E-state index in [0.29, 0.717) is 24.1 Å². The number of sulfonamides is 1. The first-order chi connectivity index (χ1) is 15.0. The number of carboxylic acids is 1. The van der Waals surface area contributed by atoms with Gasteiger partial charge < -0.3 is 10.0 Å². The Bertz CT molecular complexity index is 1160. The highest BCUT2D eigenvalue weighted by Gasteiger charge is 2.35. The van der Waals surface area contributed by atoms with Crippen LogP contribution in [0.25, 0.3) is 0 Å². The lowest BCUT2D eigenvalue weighted by molar-refractivity contribution is -0.139. The molecule has 1 unspecified atom stereocenters. The van der Waals surface area contributed by atoms with Gasteiger partial charge in [0.1, 0.15) is 0 Å². The summed E-state index contributed by atoms with van der Waals surface area (Å²) < 4.78 is 66.3. The molecule has 11 heteroatoms. The first-order valence-corrected chi connectivity index (χ1v) is 11.8. The molecule has 1 fully saturated rings. The number of carboxylic acid groups (broad SMARTS) is 1. The zero-order valence-electron chi connectivity index (χ0n) is 16.8. The first kappa shape index (κ1) is 22.9. The van der Waals surface area contributed by atoms with Crippen LogP contribution in [0.1, 0.15) is 29.0 Å². The fraction of sp³-hybridized carbons (Fsp3) is 0.381. The van der Waals surface area contributed by atoms with Gasteiger partial charge in [-0.3, -0.25) is 4.79 Å². The molecule has 1 N–H and O–H groups in total. The van der Waals surface area contributed by atoms with E-state index in [9.17, 15) is 31.5 Å². The molecule has 1 heterocycles. The van der Waals surface area contributed by atoms with E-state index in [1.54, 1.807) is 11.0 Å². The van der Waals surface area contributed by atoms with Gasteiger partial charge in [0.05, 0.1) is 21.4 Å². The summed E-state index contributed by atoms with van der Waals surface area (Å²) in [5.74, 6) is -1.68. The number of rotatable bonds is 4. The highest BCUT2D eigenvalue weighted by atomic mass is 35.5. The van der Waals surface area contributed by atoms with Gasteiger partial charge in [-0.05, 0) is 54.3 Å². The molecular formula is C21H20ClF3N2O4S. The van der Waals surface area contributed by atoms with E-state index in [-0.39, 0.29) is 31.1 Å². The Balaban J connectivity index is 1.49. The molecule has 2 aromatic carbocycles. The summed E-state index contributed by atoms with van der Waals surface area (Å²) in [6, 6.07) is 8.11. The van der Waals surface area contributed by atoms with Crippen LogP contribution in [-0.4, -0.2) is 50.0 Å². The van der Waals surface area contributed by atoms with Gasteiger partial charge in [0.15, 0.2) is 0 Å². The second-order valence-electron chi connectivity index (χ2n) is 7.84. The van der Waals surface area contributed by atoms with Crippen LogP contribution in [-0.2, 0) is 27.4 Å². The van der Waals surface area contributed by atoms with Crippen molar-refractivity contribution in [3.63, 3.8) is 0 Å². The fourth-order valence-electron chi connectivity index (χ4n) is 4.26. The van der Waals surface area contributed by atoms with Crippen molar-refractivity contribution in [2.75, 3.05) is 31.1 Å². The highest BCUT2D eigenvalue weighted by molar-refractivity contribution is 7.89. The summed E-state index contributed by atoms with van der Waals surface area (Å²) in [4.78, 5) is 13.3. The molecule has 32 heavy (non-hydrogen) atoms. The number of piperazine rings is 1. The van der Waals surface area contributed by atoms with Gasteiger partial charge in [-0.2, -0.15) is 17.5 Å². The lowest BCUT2D eigenvalue weighted by atomic mass is 10.0. The second-order valence-corrected chi connectivity index (χ2v) is 10.2. The Morgan fingerprint density at radius 2 is 1.75 bits per heavy atom.